The molecule has 0 aromatic heterocycles. The Kier molecular flexibility index (Phi) is 5.44. The summed E-state index contributed by atoms with van der Waals surface area (Å²) in [6.07, 6.45) is 0.850. The van der Waals surface area contributed by atoms with Gasteiger partial charge in [0.1, 0.15) is 0 Å². The SMILES string of the molecule is CCC(N)CNC(=O)c1cc(Br)cc(Br)c1. The molecule has 0 heterocycles. The normalized spacial score (nSPS) is 12.2. The molecule has 1 atom stereocenters. The van der Waals surface area contributed by atoms with Gasteiger partial charge in [0.2, 0.25) is 0 Å². The van der Waals surface area contributed by atoms with E-state index in [1.165, 1.54) is 0 Å². The third-order valence-electron chi connectivity index (χ3n) is 2.17. The van der Waals surface area contributed by atoms with Gasteiger partial charge in [0.25, 0.3) is 5.91 Å². The largest absolute Gasteiger partial charge is 0.350 e. The lowest BCUT2D eigenvalue weighted by Crippen LogP contribution is -2.36. The molecule has 3 N–H and O–H groups in total. The van der Waals surface area contributed by atoms with Gasteiger partial charge in [-0.15, -0.1) is 0 Å². The van der Waals surface area contributed by atoms with Crippen LogP contribution in [0.15, 0.2) is 27.1 Å². The number of rotatable bonds is 4. The molecule has 1 aromatic carbocycles. The summed E-state index contributed by atoms with van der Waals surface area (Å²) in [4.78, 5) is 11.8. The molecule has 0 saturated carbocycles. The van der Waals surface area contributed by atoms with E-state index >= 15 is 0 Å². The van der Waals surface area contributed by atoms with E-state index in [2.05, 4.69) is 37.2 Å². The minimum atomic E-state index is -0.106. The molecule has 3 nitrogen and oxygen atoms in total. The Balaban J connectivity index is 2.66. The summed E-state index contributed by atoms with van der Waals surface area (Å²) in [6, 6.07) is 5.45. The highest BCUT2D eigenvalue weighted by Crippen LogP contribution is 2.19. The van der Waals surface area contributed by atoms with E-state index in [9.17, 15) is 4.79 Å². The molecule has 1 amide bonds. The molecule has 1 rings (SSSR count). The summed E-state index contributed by atoms with van der Waals surface area (Å²) in [7, 11) is 0. The highest BCUT2D eigenvalue weighted by atomic mass is 79.9. The van der Waals surface area contributed by atoms with Gasteiger partial charge in [-0.25, -0.2) is 0 Å². The highest BCUT2D eigenvalue weighted by Gasteiger charge is 2.08. The topological polar surface area (TPSA) is 55.1 Å². The van der Waals surface area contributed by atoms with Crippen molar-refractivity contribution < 1.29 is 4.79 Å². The zero-order valence-corrected chi connectivity index (χ0v) is 12.1. The molecule has 1 aromatic rings. The molecule has 88 valence electrons. The zero-order valence-electron chi connectivity index (χ0n) is 8.97. The van der Waals surface area contributed by atoms with Crippen LogP contribution in [0.25, 0.3) is 0 Å². The predicted molar refractivity (Wildman–Crippen MR) is 72.4 cm³/mol. The van der Waals surface area contributed by atoms with Crippen molar-refractivity contribution in [2.24, 2.45) is 5.73 Å². The molecule has 0 aliphatic rings. The third-order valence-corrected chi connectivity index (χ3v) is 3.09. The van der Waals surface area contributed by atoms with Crippen molar-refractivity contribution in [3.05, 3.63) is 32.7 Å². The van der Waals surface area contributed by atoms with E-state index in [0.29, 0.717) is 12.1 Å². The van der Waals surface area contributed by atoms with Gasteiger partial charge in [-0.1, -0.05) is 38.8 Å². The smallest absolute Gasteiger partial charge is 0.251 e. The van der Waals surface area contributed by atoms with Gasteiger partial charge < -0.3 is 11.1 Å². The first-order valence-electron chi connectivity index (χ1n) is 5.02. The lowest BCUT2D eigenvalue weighted by atomic mass is 10.2. The Labute approximate surface area is 112 Å². The summed E-state index contributed by atoms with van der Waals surface area (Å²) in [5.41, 5.74) is 6.34. The van der Waals surface area contributed by atoms with Crippen LogP contribution in [0.1, 0.15) is 23.7 Å². The van der Waals surface area contributed by atoms with Crippen LogP contribution in [0.3, 0.4) is 0 Å². The summed E-state index contributed by atoms with van der Waals surface area (Å²) in [5, 5.41) is 2.80. The molecule has 16 heavy (non-hydrogen) atoms. The molecule has 0 bridgehead atoms. The number of hydrogen-bond acceptors (Lipinski definition) is 2. The van der Waals surface area contributed by atoms with Gasteiger partial charge in [0.15, 0.2) is 0 Å². The number of nitrogens with one attached hydrogen (secondary N) is 1. The minimum absolute atomic E-state index is 0.0135. The van der Waals surface area contributed by atoms with Gasteiger partial charge in [-0.05, 0) is 24.6 Å². The first kappa shape index (κ1) is 13.7. The number of nitrogens with two attached hydrogens (primary N) is 1. The average molecular weight is 350 g/mol. The van der Waals surface area contributed by atoms with Gasteiger partial charge in [-0.2, -0.15) is 0 Å². The number of benzene rings is 1. The van der Waals surface area contributed by atoms with Crippen molar-refractivity contribution in [2.45, 2.75) is 19.4 Å². The predicted octanol–water partition coefficient (Wildman–Crippen LogP) is 2.68. The van der Waals surface area contributed by atoms with Crippen LogP contribution < -0.4 is 11.1 Å². The van der Waals surface area contributed by atoms with Crippen molar-refractivity contribution in [1.29, 1.82) is 0 Å². The molecule has 5 heteroatoms. The number of carbonyl (C=O) groups excluding carboxylic acids is 1. The number of carbonyl (C=O) groups is 1. The maximum atomic E-state index is 11.8. The maximum Gasteiger partial charge on any atom is 0.251 e. The Bertz CT molecular complexity index is 362. The van der Waals surface area contributed by atoms with Gasteiger partial charge in [0.05, 0.1) is 0 Å². The summed E-state index contributed by atoms with van der Waals surface area (Å²) in [5.74, 6) is -0.106. The van der Waals surface area contributed by atoms with E-state index in [0.717, 1.165) is 15.4 Å². The molecular formula is C11H14Br2N2O. The second-order valence-corrected chi connectivity index (χ2v) is 5.37. The van der Waals surface area contributed by atoms with Gasteiger partial charge in [0, 0.05) is 27.1 Å². The molecule has 0 aliphatic heterocycles. The average Bonchev–Trinajstić information content (AvgIpc) is 2.23. The van der Waals surface area contributed by atoms with Crippen molar-refractivity contribution >= 4 is 37.8 Å². The molecule has 0 fully saturated rings. The Morgan fingerprint density at radius 2 is 1.94 bits per heavy atom. The van der Waals surface area contributed by atoms with Crippen LogP contribution in [0.2, 0.25) is 0 Å². The Morgan fingerprint density at radius 3 is 2.44 bits per heavy atom. The Morgan fingerprint density at radius 1 is 1.38 bits per heavy atom. The van der Waals surface area contributed by atoms with Crippen molar-refractivity contribution in [3.8, 4) is 0 Å². The number of amides is 1. The summed E-state index contributed by atoms with van der Waals surface area (Å²) >= 11 is 6.68. The van der Waals surface area contributed by atoms with Crippen LogP contribution in [-0.2, 0) is 0 Å². The van der Waals surface area contributed by atoms with E-state index in [-0.39, 0.29) is 11.9 Å². The fourth-order valence-corrected chi connectivity index (χ4v) is 2.45. The van der Waals surface area contributed by atoms with Crippen molar-refractivity contribution in [1.82, 2.24) is 5.32 Å². The molecule has 0 radical (unpaired) electrons. The lowest BCUT2D eigenvalue weighted by Gasteiger charge is -2.10. The van der Waals surface area contributed by atoms with Crippen molar-refractivity contribution in [2.75, 3.05) is 6.54 Å². The number of halogens is 2. The molecule has 1 unspecified atom stereocenters. The van der Waals surface area contributed by atoms with Crippen molar-refractivity contribution in [3.63, 3.8) is 0 Å². The minimum Gasteiger partial charge on any atom is -0.350 e. The second-order valence-electron chi connectivity index (χ2n) is 3.54. The fraction of sp³-hybridized carbons (Fsp3) is 0.364. The lowest BCUT2D eigenvalue weighted by molar-refractivity contribution is 0.0951. The van der Waals surface area contributed by atoms with E-state index in [1.54, 1.807) is 12.1 Å². The van der Waals surface area contributed by atoms with Gasteiger partial charge >= 0.3 is 0 Å². The highest BCUT2D eigenvalue weighted by molar-refractivity contribution is 9.11. The van der Waals surface area contributed by atoms with Gasteiger partial charge in [-0.3, -0.25) is 4.79 Å². The monoisotopic (exact) mass is 348 g/mol. The van der Waals surface area contributed by atoms with Crippen LogP contribution in [0.5, 0.6) is 0 Å². The summed E-state index contributed by atoms with van der Waals surface area (Å²) in [6.45, 7) is 2.49. The van der Waals surface area contributed by atoms with Crippen LogP contribution >= 0.6 is 31.9 Å². The molecular weight excluding hydrogens is 336 g/mol. The standard InChI is InChI=1S/C11H14Br2N2O/c1-2-10(14)6-15-11(16)7-3-8(12)5-9(13)4-7/h3-5,10H,2,6,14H2,1H3,(H,15,16). The van der Waals surface area contributed by atoms with E-state index < -0.39 is 0 Å². The first-order chi connectivity index (χ1) is 7.52. The van der Waals surface area contributed by atoms with Crippen LogP contribution in [-0.4, -0.2) is 18.5 Å². The zero-order chi connectivity index (χ0) is 12.1. The quantitative estimate of drug-likeness (QED) is 0.878. The summed E-state index contributed by atoms with van der Waals surface area (Å²) < 4.78 is 1.73. The van der Waals surface area contributed by atoms with E-state index in [1.807, 2.05) is 13.0 Å². The maximum absolute atomic E-state index is 11.8. The number of hydrogen-bond donors (Lipinski definition) is 2. The molecule has 0 spiro atoms. The molecule has 0 aliphatic carbocycles. The molecule has 0 saturated heterocycles. The van der Waals surface area contributed by atoms with Crippen LogP contribution in [0, 0.1) is 0 Å². The second kappa shape index (κ2) is 6.37. The third kappa shape index (κ3) is 4.23. The fourth-order valence-electron chi connectivity index (χ4n) is 1.16. The first-order valence-corrected chi connectivity index (χ1v) is 6.61. The Hall–Kier alpha value is -0.390. The van der Waals surface area contributed by atoms with Crippen LogP contribution in [0.4, 0.5) is 0 Å². The van der Waals surface area contributed by atoms with E-state index in [4.69, 9.17) is 5.73 Å².